The van der Waals surface area contributed by atoms with Crippen molar-refractivity contribution in [2.45, 2.75) is 65.8 Å². The van der Waals surface area contributed by atoms with E-state index in [1.807, 2.05) is 6.92 Å². The molecule has 0 aromatic rings. The van der Waals surface area contributed by atoms with Gasteiger partial charge in [0, 0.05) is 5.92 Å². The molecule has 0 radical (unpaired) electrons. The van der Waals surface area contributed by atoms with Gasteiger partial charge in [-0.3, -0.25) is 4.79 Å². The second-order valence-corrected chi connectivity index (χ2v) is 6.71. The molecule has 3 nitrogen and oxygen atoms in total. The van der Waals surface area contributed by atoms with Crippen LogP contribution in [0.3, 0.4) is 0 Å². The van der Waals surface area contributed by atoms with Gasteiger partial charge in [0.2, 0.25) is 5.91 Å². The third kappa shape index (κ3) is 4.27. The van der Waals surface area contributed by atoms with Crippen molar-refractivity contribution in [1.29, 1.82) is 0 Å². The van der Waals surface area contributed by atoms with Crippen LogP contribution in [0.5, 0.6) is 0 Å². The van der Waals surface area contributed by atoms with Crippen LogP contribution < -0.4 is 5.32 Å². The van der Waals surface area contributed by atoms with Gasteiger partial charge in [-0.2, -0.15) is 0 Å². The normalized spacial score (nSPS) is 26.7. The summed E-state index contributed by atoms with van der Waals surface area (Å²) in [6, 6.07) is -0.0714. The van der Waals surface area contributed by atoms with Gasteiger partial charge in [0.05, 0.1) is 12.6 Å². The van der Waals surface area contributed by atoms with Crippen molar-refractivity contribution in [3.8, 4) is 0 Å². The van der Waals surface area contributed by atoms with E-state index in [1.54, 1.807) is 0 Å². The van der Waals surface area contributed by atoms with E-state index in [9.17, 15) is 4.79 Å². The standard InChI is InChI=1S/C15H29NO2/c1-5-13(10-17)16-14(18)11-6-8-12(9-7-11)15(2,3)4/h11-13,17H,5-10H2,1-4H3,(H,16,18). The Balaban J connectivity index is 2.41. The maximum Gasteiger partial charge on any atom is 0.223 e. The Kier molecular flexibility index (Phi) is 5.64. The maximum atomic E-state index is 12.1. The second kappa shape index (κ2) is 6.55. The van der Waals surface area contributed by atoms with Crippen LogP contribution in [0.15, 0.2) is 0 Å². The van der Waals surface area contributed by atoms with Crippen molar-refractivity contribution in [1.82, 2.24) is 5.32 Å². The Labute approximate surface area is 111 Å². The monoisotopic (exact) mass is 255 g/mol. The van der Waals surface area contributed by atoms with E-state index in [2.05, 4.69) is 26.1 Å². The van der Waals surface area contributed by atoms with E-state index in [1.165, 1.54) is 0 Å². The Bertz CT molecular complexity index is 258. The van der Waals surface area contributed by atoms with Crippen molar-refractivity contribution < 1.29 is 9.90 Å². The molecule has 1 aliphatic rings. The minimum atomic E-state index is -0.0714. The molecule has 0 aromatic carbocycles. The summed E-state index contributed by atoms with van der Waals surface area (Å²) in [5.74, 6) is 1.04. The zero-order chi connectivity index (χ0) is 13.8. The number of aliphatic hydroxyl groups is 1. The fourth-order valence-corrected chi connectivity index (χ4v) is 2.82. The minimum Gasteiger partial charge on any atom is -0.394 e. The van der Waals surface area contributed by atoms with Gasteiger partial charge in [-0.25, -0.2) is 0 Å². The molecule has 1 atom stereocenters. The van der Waals surface area contributed by atoms with E-state index in [-0.39, 0.29) is 24.5 Å². The third-order valence-electron chi connectivity index (χ3n) is 4.38. The lowest BCUT2D eigenvalue weighted by Gasteiger charge is -2.36. The summed E-state index contributed by atoms with van der Waals surface area (Å²) >= 11 is 0. The van der Waals surface area contributed by atoms with Crippen molar-refractivity contribution in [2.75, 3.05) is 6.61 Å². The van der Waals surface area contributed by atoms with E-state index >= 15 is 0 Å². The third-order valence-corrected chi connectivity index (χ3v) is 4.38. The minimum absolute atomic E-state index is 0.0412. The lowest BCUT2D eigenvalue weighted by molar-refractivity contribution is -0.127. The molecule has 0 aliphatic heterocycles. The molecule has 0 saturated heterocycles. The van der Waals surface area contributed by atoms with Gasteiger partial charge >= 0.3 is 0 Å². The van der Waals surface area contributed by atoms with Gasteiger partial charge in [0.15, 0.2) is 0 Å². The van der Waals surface area contributed by atoms with E-state index in [0.717, 1.165) is 38.0 Å². The molecule has 1 unspecified atom stereocenters. The molecule has 0 bridgehead atoms. The lowest BCUT2D eigenvalue weighted by atomic mass is 9.69. The smallest absolute Gasteiger partial charge is 0.223 e. The summed E-state index contributed by atoms with van der Waals surface area (Å²) in [5, 5.41) is 12.1. The zero-order valence-corrected chi connectivity index (χ0v) is 12.3. The molecule has 1 aliphatic carbocycles. The number of carbonyl (C=O) groups excluding carboxylic acids is 1. The Morgan fingerprint density at radius 1 is 1.28 bits per heavy atom. The summed E-state index contributed by atoms with van der Waals surface area (Å²) in [5.41, 5.74) is 0.360. The van der Waals surface area contributed by atoms with Crippen LogP contribution in [-0.4, -0.2) is 23.7 Å². The van der Waals surface area contributed by atoms with Crippen LogP contribution >= 0.6 is 0 Å². The number of carbonyl (C=O) groups is 1. The number of aliphatic hydroxyl groups excluding tert-OH is 1. The molecule has 2 N–H and O–H groups in total. The topological polar surface area (TPSA) is 49.3 Å². The fourth-order valence-electron chi connectivity index (χ4n) is 2.82. The van der Waals surface area contributed by atoms with Gasteiger partial charge in [0.1, 0.15) is 0 Å². The second-order valence-electron chi connectivity index (χ2n) is 6.71. The average molecular weight is 255 g/mol. The fraction of sp³-hybridized carbons (Fsp3) is 0.933. The molecule has 0 spiro atoms. The number of rotatable bonds is 4. The first kappa shape index (κ1) is 15.5. The van der Waals surface area contributed by atoms with Gasteiger partial charge < -0.3 is 10.4 Å². The van der Waals surface area contributed by atoms with Crippen molar-refractivity contribution in [3.05, 3.63) is 0 Å². The first-order valence-corrected chi connectivity index (χ1v) is 7.29. The summed E-state index contributed by atoms with van der Waals surface area (Å²) in [4.78, 5) is 12.1. The average Bonchev–Trinajstić information content (AvgIpc) is 2.34. The molecule has 1 saturated carbocycles. The van der Waals surface area contributed by atoms with Crippen LogP contribution in [0.25, 0.3) is 0 Å². The van der Waals surface area contributed by atoms with Crippen LogP contribution in [0, 0.1) is 17.3 Å². The van der Waals surface area contributed by atoms with Crippen molar-refractivity contribution in [3.63, 3.8) is 0 Å². The highest BCUT2D eigenvalue weighted by atomic mass is 16.3. The molecule has 0 aromatic heterocycles. The van der Waals surface area contributed by atoms with Crippen LogP contribution in [-0.2, 0) is 4.79 Å². The number of nitrogens with one attached hydrogen (secondary N) is 1. The number of amides is 1. The van der Waals surface area contributed by atoms with E-state index in [0.29, 0.717) is 5.41 Å². The first-order chi connectivity index (χ1) is 8.38. The number of hydrogen-bond donors (Lipinski definition) is 2. The highest BCUT2D eigenvalue weighted by molar-refractivity contribution is 5.79. The SMILES string of the molecule is CCC(CO)NC(=O)C1CCC(C(C)(C)C)CC1. The first-order valence-electron chi connectivity index (χ1n) is 7.29. The summed E-state index contributed by atoms with van der Waals surface area (Å²) in [6.45, 7) is 8.89. The van der Waals surface area contributed by atoms with Crippen molar-refractivity contribution in [2.24, 2.45) is 17.3 Å². The summed E-state index contributed by atoms with van der Waals surface area (Å²) in [6.07, 6.45) is 5.08. The van der Waals surface area contributed by atoms with Gasteiger partial charge in [-0.1, -0.05) is 27.7 Å². The molecule has 1 amide bonds. The van der Waals surface area contributed by atoms with Gasteiger partial charge in [-0.15, -0.1) is 0 Å². The van der Waals surface area contributed by atoms with Gasteiger partial charge in [0.25, 0.3) is 0 Å². The summed E-state index contributed by atoms with van der Waals surface area (Å²) in [7, 11) is 0. The van der Waals surface area contributed by atoms with Crippen LogP contribution in [0.1, 0.15) is 59.8 Å². The Morgan fingerprint density at radius 2 is 1.83 bits per heavy atom. The maximum absolute atomic E-state index is 12.1. The summed E-state index contributed by atoms with van der Waals surface area (Å²) < 4.78 is 0. The van der Waals surface area contributed by atoms with E-state index < -0.39 is 0 Å². The molecule has 3 heteroatoms. The molecule has 106 valence electrons. The van der Waals surface area contributed by atoms with E-state index in [4.69, 9.17) is 5.11 Å². The molecular formula is C15H29NO2. The molecule has 1 fully saturated rings. The zero-order valence-electron chi connectivity index (χ0n) is 12.3. The van der Waals surface area contributed by atoms with Crippen LogP contribution in [0.2, 0.25) is 0 Å². The Morgan fingerprint density at radius 3 is 2.22 bits per heavy atom. The molecule has 1 rings (SSSR count). The lowest BCUT2D eigenvalue weighted by Crippen LogP contribution is -2.42. The van der Waals surface area contributed by atoms with Crippen LogP contribution in [0.4, 0.5) is 0 Å². The predicted molar refractivity (Wildman–Crippen MR) is 74.2 cm³/mol. The highest BCUT2D eigenvalue weighted by Crippen LogP contribution is 2.39. The van der Waals surface area contributed by atoms with Gasteiger partial charge in [-0.05, 0) is 43.4 Å². The Hall–Kier alpha value is -0.570. The van der Waals surface area contributed by atoms with Crippen molar-refractivity contribution >= 4 is 5.91 Å². The molecule has 18 heavy (non-hydrogen) atoms. The molecular weight excluding hydrogens is 226 g/mol. The highest BCUT2D eigenvalue weighted by Gasteiger charge is 2.32. The largest absolute Gasteiger partial charge is 0.394 e. The molecule has 0 heterocycles. The quantitative estimate of drug-likeness (QED) is 0.811. The predicted octanol–water partition coefficient (Wildman–Crippen LogP) is 2.73. The number of hydrogen-bond acceptors (Lipinski definition) is 2.